The largest absolute Gasteiger partial charge is 0.502 e. The molecule has 1 aromatic rings. The van der Waals surface area contributed by atoms with Crippen molar-refractivity contribution in [3.05, 3.63) is 30.3 Å². The maximum atomic E-state index is 11.2. The Balaban J connectivity index is 0.00000196. The Morgan fingerprint density at radius 1 is 1.40 bits per heavy atom. The van der Waals surface area contributed by atoms with E-state index in [0.29, 0.717) is 5.75 Å². The first kappa shape index (κ1) is 14.0. The van der Waals surface area contributed by atoms with E-state index in [9.17, 15) is 4.79 Å². The van der Waals surface area contributed by atoms with Crippen LogP contribution >= 0.6 is 0 Å². The Kier molecular flexibility index (Phi) is 5.40. The quantitative estimate of drug-likeness (QED) is 0.332. The van der Waals surface area contributed by atoms with Crippen LogP contribution in [0.5, 0.6) is 5.75 Å². The third-order valence-electron chi connectivity index (χ3n) is 1.27. The summed E-state index contributed by atoms with van der Waals surface area (Å²) in [5, 5.41) is 0. The van der Waals surface area contributed by atoms with Crippen LogP contribution in [-0.2, 0) is 21.8 Å². The fraction of sp³-hybridized carbons (Fsp3) is 0.364. The van der Waals surface area contributed by atoms with Gasteiger partial charge in [0.2, 0.25) is 0 Å². The molecule has 0 saturated carbocycles. The van der Waals surface area contributed by atoms with Gasteiger partial charge in [0.25, 0.3) is 0 Å². The Hall–Kier alpha value is -0.991. The van der Waals surface area contributed by atoms with Crippen molar-refractivity contribution in [2.24, 2.45) is 0 Å². The zero-order valence-electron chi connectivity index (χ0n) is 8.91. The Morgan fingerprint density at radius 3 is 2.53 bits per heavy atom. The summed E-state index contributed by atoms with van der Waals surface area (Å²) in [6.45, 7) is 5.35. The van der Waals surface area contributed by atoms with E-state index in [2.05, 4.69) is 6.07 Å². The van der Waals surface area contributed by atoms with Crippen LogP contribution in [0.15, 0.2) is 24.3 Å². The standard InChI is InChI=1S/C11H13O3.Mn/c1-11(2,3)14-10(12)13-9-7-5-4-6-8-9;/h4-5,7-8H,1-3H3;/q-1;. The van der Waals surface area contributed by atoms with Crippen molar-refractivity contribution < 1.29 is 31.3 Å². The van der Waals surface area contributed by atoms with Crippen molar-refractivity contribution in [1.82, 2.24) is 0 Å². The predicted octanol–water partition coefficient (Wildman–Crippen LogP) is 2.80. The zero-order chi connectivity index (χ0) is 10.6. The van der Waals surface area contributed by atoms with Crippen LogP contribution in [0.2, 0.25) is 0 Å². The van der Waals surface area contributed by atoms with Crippen LogP contribution in [0.1, 0.15) is 20.8 Å². The van der Waals surface area contributed by atoms with Gasteiger partial charge in [-0.3, -0.25) is 0 Å². The molecule has 1 aromatic carbocycles. The number of ether oxygens (including phenoxy) is 2. The van der Waals surface area contributed by atoms with E-state index >= 15 is 0 Å². The molecule has 1 radical (unpaired) electrons. The van der Waals surface area contributed by atoms with Crippen molar-refractivity contribution in [3.63, 3.8) is 0 Å². The number of hydrogen-bond acceptors (Lipinski definition) is 3. The van der Waals surface area contributed by atoms with Gasteiger partial charge >= 0.3 is 6.16 Å². The number of carbonyl (C=O) groups is 1. The fourth-order valence-corrected chi connectivity index (χ4v) is 0.807. The topological polar surface area (TPSA) is 35.5 Å². The molecular weight excluding hydrogens is 235 g/mol. The van der Waals surface area contributed by atoms with Crippen LogP contribution in [0.4, 0.5) is 4.79 Å². The van der Waals surface area contributed by atoms with Gasteiger partial charge in [-0.1, -0.05) is 0 Å². The van der Waals surface area contributed by atoms with E-state index in [0.717, 1.165) is 0 Å². The summed E-state index contributed by atoms with van der Waals surface area (Å²) in [7, 11) is 0. The molecule has 0 bridgehead atoms. The molecule has 0 N–H and O–H groups in total. The maximum Gasteiger partial charge on any atom is 0.502 e. The summed E-state index contributed by atoms with van der Waals surface area (Å²) < 4.78 is 9.86. The summed E-state index contributed by atoms with van der Waals surface area (Å²) >= 11 is 0. The van der Waals surface area contributed by atoms with Gasteiger partial charge in [-0.15, -0.1) is 12.1 Å². The van der Waals surface area contributed by atoms with E-state index in [1.54, 1.807) is 45.0 Å². The van der Waals surface area contributed by atoms with E-state index in [4.69, 9.17) is 9.47 Å². The van der Waals surface area contributed by atoms with Gasteiger partial charge in [-0.05, 0) is 20.8 Å². The first-order valence-electron chi connectivity index (χ1n) is 4.34. The Labute approximate surface area is 100 Å². The predicted molar refractivity (Wildman–Crippen MR) is 52.1 cm³/mol. The molecule has 0 saturated heterocycles. The molecule has 0 fully saturated rings. The summed E-state index contributed by atoms with van der Waals surface area (Å²) in [6.07, 6.45) is -0.697. The molecule has 1 rings (SSSR count). The third kappa shape index (κ3) is 6.15. The maximum absolute atomic E-state index is 11.2. The van der Waals surface area contributed by atoms with E-state index in [1.807, 2.05) is 0 Å². The van der Waals surface area contributed by atoms with Crippen molar-refractivity contribution >= 4 is 6.16 Å². The molecule has 0 unspecified atom stereocenters. The van der Waals surface area contributed by atoms with Gasteiger partial charge in [0.1, 0.15) is 5.60 Å². The number of benzene rings is 1. The van der Waals surface area contributed by atoms with Gasteiger partial charge in [-0.25, -0.2) is 4.79 Å². The second kappa shape index (κ2) is 5.79. The van der Waals surface area contributed by atoms with Crippen LogP contribution in [-0.4, -0.2) is 11.8 Å². The molecule has 0 heterocycles. The van der Waals surface area contributed by atoms with Crippen molar-refractivity contribution in [2.45, 2.75) is 26.4 Å². The Bertz CT molecular complexity index is 303. The molecule has 3 nitrogen and oxygen atoms in total. The van der Waals surface area contributed by atoms with Crippen LogP contribution in [0, 0.1) is 6.07 Å². The third-order valence-corrected chi connectivity index (χ3v) is 1.27. The molecule has 83 valence electrons. The average molecular weight is 248 g/mol. The molecule has 0 aromatic heterocycles. The summed E-state index contributed by atoms with van der Waals surface area (Å²) in [5.41, 5.74) is -0.532. The smallest absolute Gasteiger partial charge is 0.459 e. The van der Waals surface area contributed by atoms with Gasteiger partial charge < -0.3 is 9.47 Å². The van der Waals surface area contributed by atoms with Gasteiger partial charge in [0.05, 0.1) is 0 Å². The fourth-order valence-electron chi connectivity index (χ4n) is 0.807. The number of rotatable bonds is 1. The van der Waals surface area contributed by atoms with Gasteiger partial charge in [0.15, 0.2) is 0 Å². The second-order valence-corrected chi connectivity index (χ2v) is 3.81. The molecule has 4 heteroatoms. The van der Waals surface area contributed by atoms with Gasteiger partial charge in [0, 0.05) is 22.8 Å². The molecular formula is C11H13MnO3-. The summed E-state index contributed by atoms with van der Waals surface area (Å²) in [4.78, 5) is 11.2. The normalized spacial score (nSPS) is 10.1. The van der Waals surface area contributed by atoms with Crippen LogP contribution in [0.25, 0.3) is 0 Å². The van der Waals surface area contributed by atoms with Crippen molar-refractivity contribution in [1.29, 1.82) is 0 Å². The van der Waals surface area contributed by atoms with Gasteiger partial charge in [-0.2, -0.15) is 18.2 Å². The second-order valence-electron chi connectivity index (χ2n) is 3.81. The molecule has 0 aliphatic rings. The monoisotopic (exact) mass is 248 g/mol. The summed E-state index contributed by atoms with van der Waals surface area (Å²) in [6, 6.07) is 9.50. The molecule has 0 spiro atoms. The minimum absolute atomic E-state index is 0. The zero-order valence-corrected chi connectivity index (χ0v) is 10.1. The molecule has 0 aliphatic carbocycles. The van der Waals surface area contributed by atoms with Crippen molar-refractivity contribution in [2.75, 3.05) is 0 Å². The molecule has 15 heavy (non-hydrogen) atoms. The first-order valence-corrected chi connectivity index (χ1v) is 4.34. The summed E-state index contributed by atoms with van der Waals surface area (Å²) in [5.74, 6) is 0.432. The average Bonchev–Trinajstić information content (AvgIpc) is 2.02. The minimum Gasteiger partial charge on any atom is -0.459 e. The minimum atomic E-state index is -0.697. The molecule has 0 atom stereocenters. The van der Waals surface area contributed by atoms with E-state index < -0.39 is 11.8 Å². The molecule has 0 aliphatic heterocycles. The van der Waals surface area contributed by atoms with E-state index in [-0.39, 0.29) is 17.1 Å². The van der Waals surface area contributed by atoms with Crippen LogP contribution < -0.4 is 4.74 Å². The van der Waals surface area contributed by atoms with E-state index in [1.165, 1.54) is 0 Å². The number of carbonyl (C=O) groups excluding carboxylic acids is 1. The molecule has 0 amide bonds. The van der Waals surface area contributed by atoms with Crippen molar-refractivity contribution in [3.8, 4) is 5.75 Å². The first-order chi connectivity index (χ1) is 6.47. The number of hydrogen-bond donors (Lipinski definition) is 0. The Morgan fingerprint density at radius 2 is 2.07 bits per heavy atom. The van der Waals surface area contributed by atoms with Crippen LogP contribution in [0.3, 0.4) is 0 Å². The SMILES string of the molecule is CC(C)(C)OC(=O)Oc1c[c-]ccc1.[Mn].